The molecule has 0 aliphatic carbocycles. The second-order valence-corrected chi connectivity index (χ2v) is 7.41. The second kappa shape index (κ2) is 7.46. The van der Waals surface area contributed by atoms with Crippen LogP contribution in [0.5, 0.6) is 5.75 Å². The van der Waals surface area contributed by atoms with Crippen molar-refractivity contribution < 1.29 is 19.0 Å². The first-order valence-electron chi connectivity index (χ1n) is 9.72. The van der Waals surface area contributed by atoms with Crippen molar-refractivity contribution in [1.29, 1.82) is 0 Å². The molecule has 150 valence electrons. The highest BCUT2D eigenvalue weighted by molar-refractivity contribution is 5.93. The fraction of sp³-hybridized carbons (Fsp3) is 0.381. The Labute approximate surface area is 168 Å². The third-order valence-electron chi connectivity index (χ3n) is 5.32. The molecule has 3 aromatic heterocycles. The topological polar surface area (TPSA) is 78.2 Å². The molecule has 8 nitrogen and oxygen atoms in total. The zero-order valence-electron chi connectivity index (χ0n) is 16.1. The smallest absolute Gasteiger partial charge is 0.272 e. The molecule has 2 saturated heterocycles. The van der Waals surface area contributed by atoms with E-state index in [9.17, 15) is 4.79 Å². The van der Waals surface area contributed by atoms with E-state index in [0.717, 1.165) is 11.2 Å². The van der Waals surface area contributed by atoms with Gasteiger partial charge in [0, 0.05) is 18.8 Å². The molecule has 0 unspecified atom stereocenters. The number of nitrogens with zero attached hydrogens (tertiary/aromatic N) is 4. The van der Waals surface area contributed by atoms with Crippen molar-refractivity contribution >= 4 is 11.4 Å². The lowest BCUT2D eigenvalue weighted by atomic mass is 10.3. The highest BCUT2D eigenvalue weighted by Gasteiger charge is 2.40. The normalized spacial score (nSPS) is 22.4. The van der Waals surface area contributed by atoms with Gasteiger partial charge in [0.1, 0.15) is 29.8 Å². The molecule has 1 amide bonds. The van der Waals surface area contributed by atoms with E-state index in [1.54, 1.807) is 27.9 Å². The summed E-state index contributed by atoms with van der Waals surface area (Å²) in [4.78, 5) is 19.1. The van der Waals surface area contributed by atoms with Crippen LogP contribution in [-0.4, -0.2) is 70.0 Å². The lowest BCUT2D eigenvalue weighted by Gasteiger charge is -2.20. The largest absolute Gasteiger partial charge is 0.484 e. The van der Waals surface area contributed by atoms with Gasteiger partial charge >= 0.3 is 0 Å². The summed E-state index contributed by atoms with van der Waals surface area (Å²) in [5.41, 5.74) is 2.37. The number of likely N-dealkylation sites (tertiary alicyclic amines) is 1. The van der Waals surface area contributed by atoms with Crippen LogP contribution in [0.2, 0.25) is 0 Å². The molecule has 8 heteroatoms. The molecule has 5 heterocycles. The molecule has 29 heavy (non-hydrogen) atoms. The average molecular weight is 394 g/mol. The van der Waals surface area contributed by atoms with Crippen LogP contribution >= 0.6 is 0 Å². The predicted octanol–water partition coefficient (Wildman–Crippen LogP) is 1.73. The lowest BCUT2D eigenvalue weighted by Crippen LogP contribution is -2.33. The highest BCUT2D eigenvalue weighted by atomic mass is 16.6. The summed E-state index contributed by atoms with van der Waals surface area (Å²) in [7, 11) is 0. The number of aromatic nitrogens is 3. The zero-order valence-corrected chi connectivity index (χ0v) is 16.1. The van der Waals surface area contributed by atoms with Crippen molar-refractivity contribution in [1.82, 2.24) is 19.5 Å². The number of hydrogen-bond acceptors (Lipinski definition) is 6. The standard InChI is InChI=1S/C21H22N4O4/c1-14-5-6-16(9-22-14)29-17-12-27-19-10-24(11-20(19)28-13-17)21(26)18-4-2-3-15-7-8-23-25(15)18/h2-9,17,19-20H,10-13H2,1H3/t19-,20-/m0/s1. The van der Waals surface area contributed by atoms with E-state index in [2.05, 4.69) is 10.1 Å². The summed E-state index contributed by atoms with van der Waals surface area (Å²) in [6, 6.07) is 11.3. The first-order valence-corrected chi connectivity index (χ1v) is 9.72. The number of aryl methyl sites for hydroxylation is 1. The summed E-state index contributed by atoms with van der Waals surface area (Å²) in [6.45, 7) is 3.72. The number of carbonyl (C=O) groups excluding carboxylic acids is 1. The van der Waals surface area contributed by atoms with Crippen LogP contribution in [0.1, 0.15) is 16.2 Å². The van der Waals surface area contributed by atoms with Crippen molar-refractivity contribution in [2.45, 2.75) is 25.2 Å². The van der Waals surface area contributed by atoms with Gasteiger partial charge in [-0.3, -0.25) is 9.78 Å². The van der Waals surface area contributed by atoms with Gasteiger partial charge in [-0.05, 0) is 37.3 Å². The maximum atomic E-state index is 13.0. The van der Waals surface area contributed by atoms with Gasteiger partial charge in [0.05, 0.1) is 31.1 Å². The van der Waals surface area contributed by atoms with Gasteiger partial charge in [-0.1, -0.05) is 6.07 Å². The Morgan fingerprint density at radius 3 is 2.62 bits per heavy atom. The van der Waals surface area contributed by atoms with Crippen molar-refractivity contribution in [2.75, 3.05) is 26.3 Å². The Bertz CT molecular complexity index is 1000. The summed E-state index contributed by atoms with van der Waals surface area (Å²) in [5, 5.41) is 4.26. The Morgan fingerprint density at radius 2 is 1.90 bits per heavy atom. The molecular weight excluding hydrogens is 372 g/mol. The molecule has 2 aliphatic rings. The molecule has 0 radical (unpaired) electrons. The third kappa shape index (κ3) is 3.56. The van der Waals surface area contributed by atoms with E-state index in [1.165, 1.54) is 0 Å². The van der Waals surface area contributed by atoms with E-state index in [-0.39, 0.29) is 24.2 Å². The Morgan fingerprint density at radius 1 is 1.10 bits per heavy atom. The van der Waals surface area contributed by atoms with E-state index >= 15 is 0 Å². The van der Waals surface area contributed by atoms with Crippen LogP contribution < -0.4 is 4.74 Å². The third-order valence-corrected chi connectivity index (χ3v) is 5.32. The van der Waals surface area contributed by atoms with Crippen molar-refractivity contribution in [3.05, 3.63) is 60.2 Å². The van der Waals surface area contributed by atoms with Gasteiger partial charge in [0.2, 0.25) is 0 Å². The number of ether oxygens (including phenoxy) is 3. The number of amides is 1. The number of fused-ring (bicyclic) bond motifs is 2. The summed E-state index contributed by atoms with van der Waals surface area (Å²) >= 11 is 0. The molecule has 0 aromatic carbocycles. The van der Waals surface area contributed by atoms with Gasteiger partial charge in [0.15, 0.2) is 0 Å². The average Bonchev–Trinajstić information content (AvgIpc) is 3.34. The minimum absolute atomic E-state index is 0.0712. The van der Waals surface area contributed by atoms with Gasteiger partial charge in [-0.15, -0.1) is 0 Å². The second-order valence-electron chi connectivity index (χ2n) is 7.41. The van der Waals surface area contributed by atoms with Crippen molar-refractivity contribution in [2.24, 2.45) is 0 Å². The van der Waals surface area contributed by atoms with Gasteiger partial charge in [-0.25, -0.2) is 4.52 Å². The zero-order chi connectivity index (χ0) is 19.8. The number of rotatable bonds is 3. The van der Waals surface area contributed by atoms with Crippen LogP contribution in [0.15, 0.2) is 48.8 Å². The predicted molar refractivity (Wildman–Crippen MR) is 104 cm³/mol. The van der Waals surface area contributed by atoms with Crippen LogP contribution in [0.4, 0.5) is 0 Å². The molecule has 2 atom stereocenters. The number of carbonyl (C=O) groups is 1. The SMILES string of the molecule is Cc1ccc(OC2CO[C@H]3CN(C(=O)c4cccc5ccnn45)C[C@@H]3OC2)cn1. The van der Waals surface area contributed by atoms with E-state index in [0.29, 0.717) is 37.7 Å². The Balaban J connectivity index is 1.23. The lowest BCUT2D eigenvalue weighted by molar-refractivity contribution is -0.00461. The molecular formula is C21H22N4O4. The molecule has 2 fully saturated rings. The minimum atomic E-state index is -0.202. The van der Waals surface area contributed by atoms with Crippen LogP contribution in [0, 0.1) is 6.92 Å². The van der Waals surface area contributed by atoms with Crippen LogP contribution in [0.3, 0.4) is 0 Å². The maximum absolute atomic E-state index is 13.0. The molecule has 0 spiro atoms. The first-order chi connectivity index (χ1) is 14.2. The van der Waals surface area contributed by atoms with Crippen molar-refractivity contribution in [3.8, 4) is 5.75 Å². The molecule has 5 rings (SSSR count). The first kappa shape index (κ1) is 18.1. The van der Waals surface area contributed by atoms with E-state index in [4.69, 9.17) is 14.2 Å². The van der Waals surface area contributed by atoms with Gasteiger partial charge < -0.3 is 19.1 Å². The maximum Gasteiger partial charge on any atom is 0.272 e. The molecule has 0 bridgehead atoms. The van der Waals surface area contributed by atoms with Crippen molar-refractivity contribution in [3.63, 3.8) is 0 Å². The molecule has 2 aliphatic heterocycles. The molecule has 0 N–H and O–H groups in total. The van der Waals surface area contributed by atoms with Gasteiger partial charge in [-0.2, -0.15) is 5.10 Å². The Hall–Kier alpha value is -2.97. The van der Waals surface area contributed by atoms with Crippen LogP contribution in [-0.2, 0) is 9.47 Å². The molecule has 3 aromatic rings. The van der Waals surface area contributed by atoms with E-state index < -0.39 is 0 Å². The summed E-state index contributed by atoms with van der Waals surface area (Å²) in [6.07, 6.45) is 2.86. The number of hydrogen-bond donors (Lipinski definition) is 0. The fourth-order valence-electron chi connectivity index (χ4n) is 3.80. The monoisotopic (exact) mass is 394 g/mol. The summed E-state index contributed by atoms with van der Waals surface area (Å²) < 4.78 is 19.7. The quantitative estimate of drug-likeness (QED) is 0.673. The Kier molecular flexibility index (Phi) is 4.65. The van der Waals surface area contributed by atoms with Crippen LogP contribution in [0.25, 0.3) is 5.52 Å². The number of pyridine rings is 2. The minimum Gasteiger partial charge on any atom is -0.484 e. The van der Waals surface area contributed by atoms with Gasteiger partial charge in [0.25, 0.3) is 5.91 Å². The fourth-order valence-corrected chi connectivity index (χ4v) is 3.80. The van der Waals surface area contributed by atoms with E-state index in [1.807, 2.05) is 37.3 Å². The highest BCUT2D eigenvalue weighted by Crippen LogP contribution is 2.23. The summed E-state index contributed by atoms with van der Waals surface area (Å²) in [5.74, 6) is 0.627. The molecule has 0 saturated carbocycles.